The second kappa shape index (κ2) is 9.46. The Balaban J connectivity index is 1.87. The Morgan fingerprint density at radius 3 is 2.58 bits per heavy atom. The summed E-state index contributed by atoms with van der Waals surface area (Å²) in [6.07, 6.45) is 1.67. The van der Waals surface area contributed by atoms with Crippen LogP contribution in [0.4, 0.5) is 5.69 Å². The van der Waals surface area contributed by atoms with Crippen molar-refractivity contribution in [1.29, 1.82) is 0 Å². The number of aliphatic carboxylic acids is 1. The first-order chi connectivity index (χ1) is 12.5. The van der Waals surface area contributed by atoms with Crippen molar-refractivity contribution in [1.82, 2.24) is 0 Å². The maximum absolute atomic E-state index is 12.1. The summed E-state index contributed by atoms with van der Waals surface area (Å²) < 4.78 is 10.5. The zero-order chi connectivity index (χ0) is 18.9. The normalized spacial score (nSPS) is 10.2. The van der Waals surface area contributed by atoms with Crippen LogP contribution < -0.4 is 14.8 Å². The maximum atomic E-state index is 12.1. The lowest BCUT2D eigenvalue weighted by Crippen LogP contribution is -2.12. The van der Waals surface area contributed by atoms with Crippen LogP contribution in [0, 0.1) is 0 Å². The lowest BCUT2D eigenvalue weighted by atomic mass is 10.1. The van der Waals surface area contributed by atoms with E-state index in [-0.39, 0.29) is 12.3 Å². The van der Waals surface area contributed by atoms with Crippen molar-refractivity contribution in [3.8, 4) is 11.5 Å². The summed E-state index contributed by atoms with van der Waals surface area (Å²) in [5.74, 6) is 0.461. The molecule has 6 nitrogen and oxygen atoms in total. The number of carboxylic acid groups (broad SMARTS) is 1. The van der Waals surface area contributed by atoms with Gasteiger partial charge in [-0.3, -0.25) is 9.59 Å². The second-order valence-corrected chi connectivity index (χ2v) is 5.85. The highest BCUT2D eigenvalue weighted by Gasteiger charge is 2.08. The number of ether oxygens (including phenoxy) is 2. The average Bonchev–Trinajstić information content (AvgIpc) is 2.61. The summed E-state index contributed by atoms with van der Waals surface area (Å²) in [6.45, 7) is 0. The lowest BCUT2D eigenvalue weighted by Gasteiger charge is -2.10. The predicted molar refractivity (Wildman–Crippen MR) is 98.9 cm³/mol. The van der Waals surface area contributed by atoms with E-state index >= 15 is 0 Å². The highest BCUT2D eigenvalue weighted by Crippen LogP contribution is 2.26. The van der Waals surface area contributed by atoms with E-state index in [1.807, 2.05) is 18.2 Å². The number of carboxylic acids is 1. The summed E-state index contributed by atoms with van der Waals surface area (Å²) in [4.78, 5) is 22.9. The molecule has 0 saturated heterocycles. The molecule has 0 heterocycles. The largest absolute Gasteiger partial charge is 0.497 e. The third-order valence-corrected chi connectivity index (χ3v) is 3.91. The SMILES string of the molecule is COc1ccc(CCCC(=O)Nc2cccc(CC(=O)O)c2)c(OC)c1. The number of amides is 1. The van der Waals surface area contributed by atoms with Crippen LogP contribution >= 0.6 is 0 Å². The Kier molecular flexibility index (Phi) is 7.02. The first-order valence-electron chi connectivity index (χ1n) is 8.33. The summed E-state index contributed by atoms with van der Waals surface area (Å²) in [5.41, 5.74) is 2.28. The number of hydrogen-bond donors (Lipinski definition) is 2. The van der Waals surface area contributed by atoms with Gasteiger partial charge < -0.3 is 19.9 Å². The molecule has 26 heavy (non-hydrogen) atoms. The molecule has 2 N–H and O–H groups in total. The number of rotatable bonds is 9. The van der Waals surface area contributed by atoms with E-state index in [1.165, 1.54) is 0 Å². The minimum Gasteiger partial charge on any atom is -0.497 e. The van der Waals surface area contributed by atoms with Crippen molar-refractivity contribution >= 4 is 17.6 Å². The summed E-state index contributed by atoms with van der Waals surface area (Å²) in [7, 11) is 3.21. The van der Waals surface area contributed by atoms with E-state index in [2.05, 4.69) is 5.32 Å². The quantitative estimate of drug-likeness (QED) is 0.719. The van der Waals surface area contributed by atoms with E-state index in [0.29, 0.717) is 30.5 Å². The first kappa shape index (κ1) is 19.3. The third kappa shape index (κ3) is 5.81. The number of carbonyl (C=O) groups is 2. The maximum Gasteiger partial charge on any atom is 0.307 e. The molecule has 0 atom stereocenters. The van der Waals surface area contributed by atoms with Gasteiger partial charge in [-0.1, -0.05) is 18.2 Å². The van der Waals surface area contributed by atoms with Crippen molar-refractivity contribution in [3.63, 3.8) is 0 Å². The van der Waals surface area contributed by atoms with Gasteiger partial charge in [-0.05, 0) is 42.2 Å². The van der Waals surface area contributed by atoms with Crippen LogP contribution in [-0.4, -0.2) is 31.2 Å². The number of methoxy groups -OCH3 is 2. The Bertz CT molecular complexity index is 773. The van der Waals surface area contributed by atoms with E-state index in [1.54, 1.807) is 38.5 Å². The van der Waals surface area contributed by atoms with Gasteiger partial charge in [-0.2, -0.15) is 0 Å². The molecule has 2 aromatic rings. The van der Waals surface area contributed by atoms with Gasteiger partial charge in [0.2, 0.25) is 5.91 Å². The van der Waals surface area contributed by atoms with Crippen LogP contribution in [0.1, 0.15) is 24.0 Å². The smallest absolute Gasteiger partial charge is 0.307 e. The number of anilines is 1. The lowest BCUT2D eigenvalue weighted by molar-refractivity contribution is -0.136. The van der Waals surface area contributed by atoms with Gasteiger partial charge >= 0.3 is 5.97 Å². The first-order valence-corrected chi connectivity index (χ1v) is 8.33. The molecule has 138 valence electrons. The van der Waals surface area contributed by atoms with Crippen molar-refractivity contribution in [3.05, 3.63) is 53.6 Å². The van der Waals surface area contributed by atoms with E-state index in [0.717, 1.165) is 17.1 Å². The van der Waals surface area contributed by atoms with Crippen molar-refractivity contribution < 1.29 is 24.2 Å². The second-order valence-electron chi connectivity index (χ2n) is 5.85. The Hall–Kier alpha value is -3.02. The molecule has 0 fully saturated rings. The van der Waals surface area contributed by atoms with E-state index < -0.39 is 5.97 Å². The molecular formula is C20H23NO5. The number of nitrogens with one attached hydrogen (secondary N) is 1. The zero-order valence-corrected chi connectivity index (χ0v) is 15.0. The van der Waals surface area contributed by atoms with Crippen LogP contribution in [-0.2, 0) is 22.4 Å². The number of aryl methyl sites for hydroxylation is 1. The van der Waals surface area contributed by atoms with E-state index in [9.17, 15) is 9.59 Å². The number of hydrogen-bond acceptors (Lipinski definition) is 4. The molecule has 0 bridgehead atoms. The monoisotopic (exact) mass is 357 g/mol. The number of carbonyl (C=O) groups excluding carboxylic acids is 1. The highest BCUT2D eigenvalue weighted by atomic mass is 16.5. The highest BCUT2D eigenvalue weighted by molar-refractivity contribution is 5.90. The van der Waals surface area contributed by atoms with Gasteiger partial charge in [0.1, 0.15) is 11.5 Å². The summed E-state index contributed by atoms with van der Waals surface area (Å²) in [5, 5.41) is 11.6. The van der Waals surface area contributed by atoms with Crippen molar-refractivity contribution in [2.75, 3.05) is 19.5 Å². The molecule has 0 aliphatic carbocycles. The molecule has 2 rings (SSSR count). The topological polar surface area (TPSA) is 84.9 Å². The van der Waals surface area contributed by atoms with Gasteiger partial charge in [0.15, 0.2) is 0 Å². The van der Waals surface area contributed by atoms with Gasteiger partial charge in [-0.25, -0.2) is 0 Å². The molecule has 0 spiro atoms. The fourth-order valence-electron chi connectivity index (χ4n) is 2.65. The molecule has 0 aromatic heterocycles. The standard InChI is InChI=1S/C20H23NO5/c1-25-17-10-9-15(18(13-17)26-2)6-4-8-19(22)21-16-7-3-5-14(11-16)12-20(23)24/h3,5,7,9-11,13H,4,6,8,12H2,1-2H3,(H,21,22)(H,23,24). The molecule has 0 saturated carbocycles. The molecule has 0 unspecified atom stereocenters. The van der Waals surface area contributed by atoms with Gasteiger partial charge in [0, 0.05) is 18.2 Å². The van der Waals surface area contributed by atoms with Gasteiger partial charge in [0.05, 0.1) is 20.6 Å². The fourth-order valence-corrected chi connectivity index (χ4v) is 2.65. The molecule has 1 amide bonds. The zero-order valence-electron chi connectivity index (χ0n) is 15.0. The third-order valence-electron chi connectivity index (χ3n) is 3.91. The minimum atomic E-state index is -0.901. The molecule has 6 heteroatoms. The molecule has 0 aliphatic heterocycles. The minimum absolute atomic E-state index is 0.0685. The Labute approximate surface area is 152 Å². The van der Waals surface area contributed by atoms with E-state index in [4.69, 9.17) is 14.6 Å². The van der Waals surface area contributed by atoms with Crippen LogP contribution in [0.25, 0.3) is 0 Å². The summed E-state index contributed by atoms with van der Waals surface area (Å²) in [6, 6.07) is 12.5. The molecule has 2 aromatic carbocycles. The average molecular weight is 357 g/mol. The molecule has 0 aliphatic rings. The fraction of sp³-hybridized carbons (Fsp3) is 0.300. The van der Waals surface area contributed by atoms with Gasteiger partial charge in [0.25, 0.3) is 0 Å². The van der Waals surface area contributed by atoms with Crippen molar-refractivity contribution in [2.24, 2.45) is 0 Å². The van der Waals surface area contributed by atoms with Crippen LogP contribution in [0.2, 0.25) is 0 Å². The number of benzene rings is 2. The summed E-state index contributed by atoms with van der Waals surface area (Å²) >= 11 is 0. The van der Waals surface area contributed by atoms with Crippen LogP contribution in [0.5, 0.6) is 11.5 Å². The van der Waals surface area contributed by atoms with Crippen LogP contribution in [0.15, 0.2) is 42.5 Å². The Morgan fingerprint density at radius 1 is 1.08 bits per heavy atom. The van der Waals surface area contributed by atoms with Crippen LogP contribution in [0.3, 0.4) is 0 Å². The Morgan fingerprint density at radius 2 is 1.88 bits per heavy atom. The molecular weight excluding hydrogens is 334 g/mol. The van der Waals surface area contributed by atoms with Crippen molar-refractivity contribution in [2.45, 2.75) is 25.7 Å². The van der Waals surface area contributed by atoms with Gasteiger partial charge in [-0.15, -0.1) is 0 Å². The molecule has 0 radical (unpaired) electrons. The predicted octanol–water partition coefficient (Wildman–Crippen LogP) is 3.29.